The second-order valence-corrected chi connectivity index (χ2v) is 9.81. The maximum absolute atomic E-state index is 13.5. The first-order chi connectivity index (χ1) is 15.7. The van der Waals surface area contributed by atoms with Crippen LogP contribution in [0.2, 0.25) is 0 Å². The lowest BCUT2D eigenvalue weighted by Crippen LogP contribution is -2.54. The quantitative estimate of drug-likeness (QED) is 0.545. The minimum absolute atomic E-state index is 0.0169. The minimum Gasteiger partial charge on any atom is -0.422 e. The number of nitrogens with one attached hydrogen (secondary N) is 1. The molecule has 0 saturated carbocycles. The van der Waals surface area contributed by atoms with Crippen LogP contribution >= 0.6 is 11.3 Å². The number of aromatic nitrogens is 2. The van der Waals surface area contributed by atoms with Crippen LogP contribution in [0.5, 0.6) is 5.75 Å². The van der Waals surface area contributed by atoms with Crippen molar-refractivity contribution in [2.24, 2.45) is 0 Å². The van der Waals surface area contributed by atoms with E-state index in [1.165, 1.54) is 18.4 Å². The van der Waals surface area contributed by atoms with Crippen molar-refractivity contribution in [1.82, 2.24) is 15.3 Å². The maximum atomic E-state index is 13.5. The molecule has 1 N–H and O–H groups in total. The van der Waals surface area contributed by atoms with Gasteiger partial charge in [0, 0.05) is 49.4 Å². The Labute approximate surface area is 192 Å². The van der Waals surface area contributed by atoms with Gasteiger partial charge in [0.15, 0.2) is 16.8 Å². The van der Waals surface area contributed by atoms with Gasteiger partial charge < -0.3 is 24.1 Å². The first kappa shape index (κ1) is 22.4. The molecule has 3 aliphatic heterocycles. The molecule has 7 nitrogen and oxygen atoms in total. The third kappa shape index (κ3) is 4.17. The van der Waals surface area contributed by atoms with Gasteiger partial charge in [-0.3, -0.25) is 0 Å². The minimum atomic E-state index is -4.90. The molecule has 3 saturated heterocycles. The van der Waals surface area contributed by atoms with Crippen molar-refractivity contribution in [3.63, 3.8) is 0 Å². The smallest absolute Gasteiger partial charge is 0.422 e. The van der Waals surface area contributed by atoms with Crippen LogP contribution in [0.3, 0.4) is 0 Å². The third-order valence-electron chi connectivity index (χ3n) is 6.48. The highest BCUT2D eigenvalue weighted by atomic mass is 32.1. The summed E-state index contributed by atoms with van der Waals surface area (Å²) in [6, 6.07) is 2.38. The Hall–Kier alpha value is -2.37. The summed E-state index contributed by atoms with van der Waals surface area (Å²) in [5.41, 5.74) is -0.0533. The summed E-state index contributed by atoms with van der Waals surface area (Å²) in [4.78, 5) is 11.0. The number of rotatable bonds is 5. The van der Waals surface area contributed by atoms with Crippen LogP contribution in [0, 0.1) is 0 Å². The van der Waals surface area contributed by atoms with Crippen LogP contribution in [0.15, 0.2) is 22.1 Å². The van der Waals surface area contributed by atoms with Crippen LogP contribution in [-0.2, 0) is 10.3 Å². The predicted octanol–water partition coefficient (Wildman–Crippen LogP) is 5.06. The van der Waals surface area contributed by atoms with E-state index in [1.807, 2.05) is 0 Å². The van der Waals surface area contributed by atoms with Crippen LogP contribution in [0.25, 0.3) is 21.7 Å². The van der Waals surface area contributed by atoms with Crippen LogP contribution in [0.1, 0.15) is 38.7 Å². The van der Waals surface area contributed by atoms with Gasteiger partial charge in [-0.2, -0.15) is 4.98 Å². The standard InChI is InChI=1S/C22H25F3N4O3S/c1-21(2,30-3)15-9-14(19-26-7-8-33-19)17-16(18(15)32-22(23,24)25)28-20(31-17)29-11-12-5-4-6-13(29)10-27-12/h7-9,12-13,27H,4-6,10-11H2,1-3H3. The van der Waals surface area contributed by atoms with Crippen molar-refractivity contribution >= 4 is 28.5 Å². The molecule has 2 atom stereocenters. The molecular formula is C22H25F3N4O3S. The van der Waals surface area contributed by atoms with Gasteiger partial charge >= 0.3 is 6.36 Å². The van der Waals surface area contributed by atoms with Crippen molar-refractivity contribution in [3.8, 4) is 16.3 Å². The highest BCUT2D eigenvalue weighted by Crippen LogP contribution is 2.46. The Balaban J connectivity index is 1.75. The normalized spacial score (nSPS) is 21.6. The number of piperazine rings is 1. The molecule has 3 fully saturated rings. The van der Waals surface area contributed by atoms with E-state index in [0.717, 1.165) is 25.8 Å². The molecule has 2 aromatic heterocycles. The Morgan fingerprint density at radius 3 is 2.79 bits per heavy atom. The second-order valence-electron chi connectivity index (χ2n) is 8.92. The highest BCUT2D eigenvalue weighted by molar-refractivity contribution is 7.13. The van der Waals surface area contributed by atoms with Gasteiger partial charge in [-0.05, 0) is 39.2 Å². The van der Waals surface area contributed by atoms with Crippen LogP contribution in [-0.4, -0.2) is 48.6 Å². The number of nitrogens with zero attached hydrogens (tertiary/aromatic N) is 3. The molecule has 5 heterocycles. The highest BCUT2D eigenvalue weighted by Gasteiger charge is 2.40. The van der Waals surface area contributed by atoms with Crippen LogP contribution < -0.4 is 15.0 Å². The molecule has 0 aliphatic carbocycles. The van der Waals surface area contributed by atoms with E-state index in [1.54, 1.807) is 31.5 Å². The molecule has 0 amide bonds. The van der Waals surface area contributed by atoms with E-state index in [2.05, 4.69) is 24.9 Å². The molecule has 33 heavy (non-hydrogen) atoms. The van der Waals surface area contributed by atoms with E-state index in [4.69, 9.17) is 9.15 Å². The fourth-order valence-electron chi connectivity index (χ4n) is 4.61. The van der Waals surface area contributed by atoms with Crippen molar-refractivity contribution < 1.29 is 27.1 Å². The molecule has 0 spiro atoms. The molecule has 0 radical (unpaired) electrons. The first-order valence-electron chi connectivity index (χ1n) is 10.8. The zero-order valence-electron chi connectivity index (χ0n) is 18.5. The molecule has 1 aromatic carbocycles. The first-order valence-corrected chi connectivity index (χ1v) is 11.7. The molecule has 2 unspecified atom stereocenters. The molecule has 178 valence electrons. The average Bonchev–Trinajstić information content (AvgIpc) is 3.35. The fraction of sp³-hybridized carbons (Fsp3) is 0.545. The maximum Gasteiger partial charge on any atom is 0.573 e. The van der Waals surface area contributed by atoms with E-state index < -0.39 is 17.7 Å². The van der Waals surface area contributed by atoms with Gasteiger partial charge in [0.25, 0.3) is 6.01 Å². The number of ether oxygens (including phenoxy) is 2. The summed E-state index contributed by atoms with van der Waals surface area (Å²) in [7, 11) is 1.44. The lowest BCUT2D eigenvalue weighted by atomic mass is 9.94. The van der Waals surface area contributed by atoms with Gasteiger partial charge in [0.1, 0.15) is 5.01 Å². The monoisotopic (exact) mass is 482 g/mol. The Morgan fingerprint density at radius 1 is 1.27 bits per heavy atom. The molecule has 3 aliphatic rings. The SMILES string of the molecule is COC(C)(C)c1cc(-c2nccs2)c2oc(N3CC4CCCC3CN4)nc2c1OC(F)(F)F. The lowest BCUT2D eigenvalue weighted by Gasteiger charge is -2.36. The summed E-state index contributed by atoms with van der Waals surface area (Å²) >= 11 is 1.37. The lowest BCUT2D eigenvalue weighted by molar-refractivity contribution is -0.274. The number of anilines is 1. The number of alkyl halides is 3. The number of thiazole rings is 1. The number of hydrogen-bond donors (Lipinski definition) is 1. The second kappa shape index (κ2) is 8.14. The largest absolute Gasteiger partial charge is 0.573 e. The molecule has 3 aromatic rings. The van der Waals surface area contributed by atoms with E-state index in [-0.39, 0.29) is 22.7 Å². The summed E-state index contributed by atoms with van der Waals surface area (Å²) < 4.78 is 56.8. The number of benzene rings is 1. The molecule has 11 heteroatoms. The Bertz CT molecular complexity index is 1140. The number of halogens is 3. The summed E-state index contributed by atoms with van der Waals surface area (Å²) in [6.45, 7) is 4.85. The predicted molar refractivity (Wildman–Crippen MR) is 119 cm³/mol. The Kier molecular flexibility index (Phi) is 5.53. The summed E-state index contributed by atoms with van der Waals surface area (Å²) in [6.07, 6.45) is -0.164. The topological polar surface area (TPSA) is 72.7 Å². The zero-order chi connectivity index (χ0) is 23.4. The number of fused-ring (bicyclic) bond motifs is 5. The van der Waals surface area contributed by atoms with Gasteiger partial charge in [-0.25, -0.2) is 4.98 Å². The fourth-order valence-corrected chi connectivity index (χ4v) is 5.26. The Morgan fingerprint density at radius 2 is 2.09 bits per heavy atom. The van der Waals surface area contributed by atoms with E-state index in [0.29, 0.717) is 29.2 Å². The van der Waals surface area contributed by atoms with Crippen LogP contribution in [0.4, 0.5) is 19.2 Å². The van der Waals surface area contributed by atoms with Crippen molar-refractivity contribution in [2.75, 3.05) is 25.1 Å². The number of methoxy groups -OCH3 is 1. The van der Waals surface area contributed by atoms with Gasteiger partial charge in [0.05, 0.1) is 11.2 Å². The van der Waals surface area contributed by atoms with Crippen molar-refractivity contribution in [2.45, 2.75) is 57.2 Å². The van der Waals surface area contributed by atoms with Crippen molar-refractivity contribution in [3.05, 3.63) is 23.2 Å². The van der Waals surface area contributed by atoms with Gasteiger partial charge in [0.2, 0.25) is 0 Å². The summed E-state index contributed by atoms with van der Waals surface area (Å²) in [5.74, 6) is -0.405. The zero-order valence-corrected chi connectivity index (χ0v) is 19.3. The average molecular weight is 483 g/mol. The molecule has 6 rings (SSSR count). The molecule has 2 bridgehead atoms. The number of oxazole rings is 1. The van der Waals surface area contributed by atoms with Crippen molar-refractivity contribution in [1.29, 1.82) is 0 Å². The van der Waals surface area contributed by atoms with E-state index in [9.17, 15) is 13.2 Å². The third-order valence-corrected chi connectivity index (χ3v) is 7.29. The summed E-state index contributed by atoms with van der Waals surface area (Å²) in [5, 5.41) is 5.94. The molecular weight excluding hydrogens is 457 g/mol. The van der Waals surface area contributed by atoms with E-state index >= 15 is 0 Å². The van der Waals surface area contributed by atoms with Gasteiger partial charge in [-0.1, -0.05) is 0 Å². The van der Waals surface area contributed by atoms with Gasteiger partial charge in [-0.15, -0.1) is 24.5 Å². The number of hydrogen-bond acceptors (Lipinski definition) is 8.